The van der Waals surface area contributed by atoms with E-state index in [4.69, 9.17) is 0 Å². The molecule has 0 amide bonds. The van der Waals surface area contributed by atoms with Gasteiger partial charge in [0.15, 0.2) is 0 Å². The minimum Gasteiger partial charge on any atom is -0.393 e. The van der Waals surface area contributed by atoms with Gasteiger partial charge in [0.1, 0.15) is 0 Å². The van der Waals surface area contributed by atoms with Crippen LogP contribution in [0.2, 0.25) is 0 Å². The summed E-state index contributed by atoms with van der Waals surface area (Å²) in [6.45, 7) is 10.2. The highest BCUT2D eigenvalue weighted by atomic mass is 16.3. The number of hydrogen-bond acceptors (Lipinski definition) is 1. The van der Waals surface area contributed by atoms with Crippen molar-refractivity contribution in [2.24, 2.45) is 11.8 Å². The van der Waals surface area contributed by atoms with Crippen molar-refractivity contribution in [3.8, 4) is 0 Å². The predicted octanol–water partition coefficient (Wildman–Crippen LogP) is 3.00. The van der Waals surface area contributed by atoms with Crippen LogP contribution in [0.3, 0.4) is 0 Å². The standard InChI is InChI=1S/C11H22O/c1-5-7-10(9(3)4)11(12)8-6-2/h6,9-12H,2,5,7-8H2,1,3-4H3/t10?,11-/m0/s1. The highest BCUT2D eigenvalue weighted by Gasteiger charge is 2.20. The van der Waals surface area contributed by atoms with Gasteiger partial charge in [-0.15, -0.1) is 6.58 Å². The Kier molecular flexibility index (Phi) is 6.09. The summed E-state index contributed by atoms with van der Waals surface area (Å²) in [6.07, 6.45) is 4.60. The average molecular weight is 170 g/mol. The van der Waals surface area contributed by atoms with Crippen LogP contribution in [0.15, 0.2) is 12.7 Å². The Balaban J connectivity index is 3.98. The Morgan fingerprint density at radius 2 is 2.00 bits per heavy atom. The Labute approximate surface area is 76.5 Å². The fourth-order valence-corrected chi connectivity index (χ4v) is 1.65. The molecule has 0 saturated carbocycles. The van der Waals surface area contributed by atoms with Crippen LogP contribution in [0.5, 0.6) is 0 Å². The molecule has 1 heteroatoms. The van der Waals surface area contributed by atoms with Crippen LogP contribution in [0.1, 0.15) is 40.0 Å². The highest BCUT2D eigenvalue weighted by molar-refractivity contribution is 4.79. The summed E-state index contributed by atoms with van der Waals surface area (Å²) < 4.78 is 0. The maximum Gasteiger partial charge on any atom is 0.0605 e. The molecule has 0 saturated heterocycles. The summed E-state index contributed by atoms with van der Waals surface area (Å²) in [7, 11) is 0. The zero-order valence-corrected chi connectivity index (χ0v) is 8.59. The Bertz CT molecular complexity index is 118. The third-order valence-corrected chi connectivity index (χ3v) is 2.38. The summed E-state index contributed by atoms with van der Waals surface area (Å²) >= 11 is 0. The molecular weight excluding hydrogens is 148 g/mol. The second-order valence-electron chi connectivity index (χ2n) is 3.79. The van der Waals surface area contributed by atoms with E-state index in [1.54, 1.807) is 6.08 Å². The van der Waals surface area contributed by atoms with Gasteiger partial charge in [-0.3, -0.25) is 0 Å². The van der Waals surface area contributed by atoms with Crippen molar-refractivity contribution in [2.75, 3.05) is 0 Å². The van der Waals surface area contributed by atoms with E-state index in [-0.39, 0.29) is 6.10 Å². The van der Waals surface area contributed by atoms with E-state index >= 15 is 0 Å². The van der Waals surface area contributed by atoms with Crippen molar-refractivity contribution in [1.29, 1.82) is 0 Å². The van der Waals surface area contributed by atoms with E-state index in [9.17, 15) is 5.11 Å². The second-order valence-corrected chi connectivity index (χ2v) is 3.79. The molecule has 0 bridgehead atoms. The first kappa shape index (κ1) is 11.7. The summed E-state index contributed by atoms with van der Waals surface area (Å²) in [5, 5.41) is 9.74. The summed E-state index contributed by atoms with van der Waals surface area (Å²) in [4.78, 5) is 0. The third kappa shape index (κ3) is 3.91. The molecule has 0 aromatic carbocycles. The van der Waals surface area contributed by atoms with Crippen molar-refractivity contribution in [2.45, 2.75) is 46.1 Å². The van der Waals surface area contributed by atoms with Gasteiger partial charge in [-0.2, -0.15) is 0 Å². The van der Waals surface area contributed by atoms with Gasteiger partial charge in [0.2, 0.25) is 0 Å². The predicted molar refractivity (Wildman–Crippen MR) is 54.1 cm³/mol. The van der Waals surface area contributed by atoms with Crippen LogP contribution in [0, 0.1) is 11.8 Å². The fraction of sp³-hybridized carbons (Fsp3) is 0.818. The van der Waals surface area contributed by atoms with E-state index in [0.29, 0.717) is 11.8 Å². The van der Waals surface area contributed by atoms with Gasteiger partial charge in [-0.1, -0.05) is 33.3 Å². The van der Waals surface area contributed by atoms with Gasteiger partial charge < -0.3 is 5.11 Å². The number of aliphatic hydroxyl groups is 1. The van der Waals surface area contributed by atoms with Crippen LogP contribution >= 0.6 is 0 Å². The van der Waals surface area contributed by atoms with Crippen LogP contribution in [-0.4, -0.2) is 11.2 Å². The minimum atomic E-state index is -0.192. The lowest BCUT2D eigenvalue weighted by molar-refractivity contribution is 0.0780. The van der Waals surface area contributed by atoms with Gasteiger partial charge in [-0.05, 0) is 24.7 Å². The first-order valence-electron chi connectivity index (χ1n) is 4.92. The van der Waals surface area contributed by atoms with Gasteiger partial charge in [0, 0.05) is 0 Å². The molecule has 2 atom stereocenters. The monoisotopic (exact) mass is 170 g/mol. The molecule has 0 aliphatic heterocycles. The zero-order chi connectivity index (χ0) is 9.56. The van der Waals surface area contributed by atoms with Crippen molar-refractivity contribution in [3.63, 3.8) is 0 Å². The molecule has 1 unspecified atom stereocenters. The smallest absolute Gasteiger partial charge is 0.0605 e. The zero-order valence-electron chi connectivity index (χ0n) is 8.59. The first-order valence-corrected chi connectivity index (χ1v) is 4.92. The van der Waals surface area contributed by atoms with Crippen molar-refractivity contribution in [3.05, 3.63) is 12.7 Å². The van der Waals surface area contributed by atoms with Gasteiger partial charge in [-0.25, -0.2) is 0 Å². The normalized spacial score (nSPS) is 16.1. The Hall–Kier alpha value is -0.300. The molecule has 0 rings (SSSR count). The minimum absolute atomic E-state index is 0.192. The van der Waals surface area contributed by atoms with E-state index in [1.807, 2.05) is 0 Å². The average Bonchev–Trinajstić information content (AvgIpc) is 1.99. The fourth-order valence-electron chi connectivity index (χ4n) is 1.65. The van der Waals surface area contributed by atoms with Crippen LogP contribution in [-0.2, 0) is 0 Å². The van der Waals surface area contributed by atoms with Crippen molar-refractivity contribution in [1.82, 2.24) is 0 Å². The molecule has 0 radical (unpaired) electrons. The van der Waals surface area contributed by atoms with Crippen LogP contribution < -0.4 is 0 Å². The lowest BCUT2D eigenvalue weighted by Gasteiger charge is -2.25. The molecule has 0 fully saturated rings. The summed E-state index contributed by atoms with van der Waals surface area (Å²) in [6, 6.07) is 0. The maximum atomic E-state index is 9.74. The molecule has 0 aromatic rings. The molecule has 0 aromatic heterocycles. The lowest BCUT2D eigenvalue weighted by atomic mass is 9.85. The molecule has 0 aliphatic carbocycles. The van der Waals surface area contributed by atoms with Gasteiger partial charge in [0.05, 0.1) is 6.10 Å². The summed E-state index contributed by atoms with van der Waals surface area (Å²) in [5.41, 5.74) is 0. The van der Waals surface area contributed by atoms with E-state index < -0.39 is 0 Å². The van der Waals surface area contributed by atoms with E-state index in [0.717, 1.165) is 19.3 Å². The largest absolute Gasteiger partial charge is 0.393 e. The van der Waals surface area contributed by atoms with Crippen LogP contribution in [0.4, 0.5) is 0 Å². The molecule has 1 N–H and O–H groups in total. The Morgan fingerprint density at radius 1 is 1.42 bits per heavy atom. The van der Waals surface area contributed by atoms with Crippen molar-refractivity contribution >= 4 is 0 Å². The molecule has 72 valence electrons. The third-order valence-electron chi connectivity index (χ3n) is 2.38. The maximum absolute atomic E-state index is 9.74. The molecule has 0 aliphatic rings. The topological polar surface area (TPSA) is 20.2 Å². The number of aliphatic hydroxyl groups excluding tert-OH is 1. The molecule has 12 heavy (non-hydrogen) atoms. The van der Waals surface area contributed by atoms with Crippen molar-refractivity contribution < 1.29 is 5.11 Å². The molecule has 1 nitrogen and oxygen atoms in total. The second kappa shape index (κ2) is 6.24. The number of rotatable bonds is 6. The lowest BCUT2D eigenvalue weighted by Crippen LogP contribution is -2.24. The van der Waals surface area contributed by atoms with Gasteiger partial charge in [0.25, 0.3) is 0 Å². The molecule has 0 heterocycles. The summed E-state index contributed by atoms with van der Waals surface area (Å²) in [5.74, 6) is 1.01. The van der Waals surface area contributed by atoms with Crippen LogP contribution in [0.25, 0.3) is 0 Å². The molecular formula is C11H22O. The first-order chi connectivity index (χ1) is 5.63. The number of hydrogen-bond donors (Lipinski definition) is 1. The highest BCUT2D eigenvalue weighted by Crippen LogP contribution is 2.22. The van der Waals surface area contributed by atoms with E-state index in [1.165, 1.54) is 0 Å². The molecule has 0 spiro atoms. The Morgan fingerprint density at radius 3 is 2.33 bits per heavy atom. The quantitative estimate of drug-likeness (QED) is 0.608. The SMILES string of the molecule is C=CC[C@H](O)C(CCC)C(C)C. The van der Waals surface area contributed by atoms with Gasteiger partial charge >= 0.3 is 0 Å². The van der Waals surface area contributed by atoms with E-state index in [2.05, 4.69) is 27.4 Å².